The molecule has 118 valence electrons. The first-order valence-electron chi connectivity index (χ1n) is 6.28. The Morgan fingerprint density at radius 1 is 1.19 bits per heavy atom. The summed E-state index contributed by atoms with van der Waals surface area (Å²) in [6.07, 6.45) is -4.53. The van der Waals surface area contributed by atoms with Gasteiger partial charge >= 0.3 is 6.18 Å². The summed E-state index contributed by atoms with van der Waals surface area (Å²) in [5, 5.41) is 2.54. The highest BCUT2D eigenvalue weighted by Crippen LogP contribution is 2.16. The second-order valence-electron chi connectivity index (χ2n) is 4.13. The highest BCUT2D eigenvalue weighted by Gasteiger charge is 2.27. The van der Waals surface area contributed by atoms with Crippen LogP contribution in [0.25, 0.3) is 0 Å². The number of alkyl halides is 3. The van der Waals surface area contributed by atoms with Crippen LogP contribution in [0.5, 0.6) is 5.75 Å². The van der Waals surface area contributed by atoms with Gasteiger partial charge in [-0.2, -0.15) is 13.2 Å². The van der Waals surface area contributed by atoms with Crippen LogP contribution in [0.2, 0.25) is 0 Å². The van der Waals surface area contributed by atoms with Crippen LogP contribution in [0.4, 0.5) is 18.9 Å². The Morgan fingerprint density at radius 2 is 1.86 bits per heavy atom. The van der Waals surface area contributed by atoms with Gasteiger partial charge in [0.2, 0.25) is 5.91 Å². The smallest absolute Gasteiger partial charge is 0.411 e. The molecule has 0 bridgehead atoms. The third kappa shape index (κ3) is 8.16. The fraction of sp³-hybridized carbons (Fsp3) is 0.462. The van der Waals surface area contributed by atoms with Gasteiger partial charge in [0, 0.05) is 12.2 Å². The molecule has 0 fully saturated rings. The number of rotatable bonds is 8. The molecule has 8 heteroatoms. The molecule has 3 N–H and O–H groups in total. The minimum atomic E-state index is -4.38. The molecule has 0 saturated heterocycles. The predicted octanol–water partition coefficient (Wildman–Crippen LogP) is 1.93. The lowest BCUT2D eigenvalue weighted by molar-refractivity contribution is -0.174. The molecule has 0 aromatic heterocycles. The van der Waals surface area contributed by atoms with E-state index in [9.17, 15) is 18.0 Å². The van der Waals surface area contributed by atoms with Crippen LogP contribution in [0.1, 0.15) is 6.42 Å². The van der Waals surface area contributed by atoms with Gasteiger partial charge in [-0.25, -0.2) is 0 Å². The molecule has 0 spiro atoms. The number of nitrogens with two attached hydrogens (primary N) is 1. The van der Waals surface area contributed by atoms with Gasteiger partial charge in [0.05, 0.1) is 13.0 Å². The highest BCUT2D eigenvalue weighted by atomic mass is 19.4. The van der Waals surface area contributed by atoms with Crippen LogP contribution >= 0.6 is 0 Å². The van der Waals surface area contributed by atoms with Crippen molar-refractivity contribution in [2.24, 2.45) is 5.73 Å². The van der Waals surface area contributed by atoms with E-state index in [-0.39, 0.29) is 13.0 Å². The van der Waals surface area contributed by atoms with Gasteiger partial charge < -0.3 is 20.5 Å². The van der Waals surface area contributed by atoms with Gasteiger partial charge in [-0.05, 0) is 24.3 Å². The summed E-state index contributed by atoms with van der Waals surface area (Å²) in [6, 6.07) is 6.57. The number of anilines is 1. The van der Waals surface area contributed by atoms with E-state index in [0.717, 1.165) is 0 Å². The van der Waals surface area contributed by atoms with Crippen molar-refractivity contribution in [1.82, 2.24) is 0 Å². The van der Waals surface area contributed by atoms with Crippen LogP contribution in [0.3, 0.4) is 0 Å². The van der Waals surface area contributed by atoms with Gasteiger partial charge in [0.25, 0.3) is 0 Å². The number of hydrogen-bond acceptors (Lipinski definition) is 4. The van der Waals surface area contributed by atoms with E-state index in [1.54, 1.807) is 24.3 Å². The van der Waals surface area contributed by atoms with Crippen molar-refractivity contribution in [3.05, 3.63) is 24.3 Å². The second kappa shape index (κ2) is 8.48. The molecular formula is C13H17F3N2O3. The average Bonchev–Trinajstić information content (AvgIpc) is 2.42. The number of hydrogen-bond donors (Lipinski definition) is 2. The van der Waals surface area contributed by atoms with Crippen LogP contribution < -0.4 is 15.8 Å². The minimum absolute atomic E-state index is 0.151. The number of halogens is 3. The molecule has 0 aliphatic carbocycles. The lowest BCUT2D eigenvalue weighted by Gasteiger charge is -2.09. The van der Waals surface area contributed by atoms with E-state index in [1.807, 2.05) is 0 Å². The van der Waals surface area contributed by atoms with Crippen molar-refractivity contribution in [3.63, 3.8) is 0 Å². The largest absolute Gasteiger partial charge is 0.492 e. The SMILES string of the molecule is NCCOc1ccc(NC(=O)CCOCC(F)(F)F)cc1. The van der Waals surface area contributed by atoms with Crippen molar-refractivity contribution >= 4 is 11.6 Å². The molecule has 0 saturated carbocycles. The van der Waals surface area contributed by atoms with E-state index in [4.69, 9.17) is 10.5 Å². The summed E-state index contributed by atoms with van der Waals surface area (Å²) < 4.78 is 45.0. The van der Waals surface area contributed by atoms with Gasteiger partial charge in [0.15, 0.2) is 0 Å². The number of benzene rings is 1. The molecule has 0 aliphatic heterocycles. The number of ether oxygens (including phenoxy) is 2. The first-order valence-corrected chi connectivity index (χ1v) is 6.28. The van der Waals surface area contributed by atoms with Crippen LogP contribution in [-0.2, 0) is 9.53 Å². The summed E-state index contributed by atoms with van der Waals surface area (Å²) >= 11 is 0. The summed E-state index contributed by atoms with van der Waals surface area (Å²) in [5.41, 5.74) is 5.82. The third-order valence-electron chi connectivity index (χ3n) is 2.26. The molecule has 1 aromatic carbocycles. The summed E-state index contributed by atoms with van der Waals surface area (Å²) in [6.45, 7) is -0.852. The Balaban J connectivity index is 2.28. The predicted molar refractivity (Wildman–Crippen MR) is 71.1 cm³/mol. The summed E-state index contributed by atoms with van der Waals surface area (Å²) in [4.78, 5) is 11.5. The molecule has 1 aromatic rings. The molecule has 5 nitrogen and oxygen atoms in total. The molecule has 0 unspecified atom stereocenters. The monoisotopic (exact) mass is 306 g/mol. The van der Waals surface area contributed by atoms with Crippen LogP contribution in [-0.4, -0.2) is 38.4 Å². The van der Waals surface area contributed by atoms with Crippen molar-refractivity contribution in [2.75, 3.05) is 31.7 Å². The molecule has 1 amide bonds. The fourth-order valence-electron chi connectivity index (χ4n) is 1.39. The van der Waals surface area contributed by atoms with Gasteiger partial charge in [-0.15, -0.1) is 0 Å². The summed E-state index contributed by atoms with van der Waals surface area (Å²) in [5.74, 6) is 0.194. The van der Waals surface area contributed by atoms with Crippen LogP contribution in [0, 0.1) is 0 Å². The lowest BCUT2D eigenvalue weighted by Crippen LogP contribution is -2.20. The molecule has 21 heavy (non-hydrogen) atoms. The zero-order chi connectivity index (χ0) is 15.7. The standard InChI is InChI=1S/C13H17F3N2O3/c14-13(15,16)9-20-7-5-12(19)18-10-1-3-11(4-2-10)21-8-6-17/h1-4H,5-9,17H2,(H,18,19). The number of carbonyl (C=O) groups excluding carboxylic acids is 1. The quantitative estimate of drug-likeness (QED) is 0.720. The topological polar surface area (TPSA) is 73.6 Å². The Labute approximate surface area is 120 Å². The Morgan fingerprint density at radius 3 is 2.43 bits per heavy atom. The first kappa shape index (κ1) is 17.3. The van der Waals surface area contributed by atoms with Gasteiger partial charge in [0.1, 0.15) is 19.0 Å². The Kier molecular flexibility index (Phi) is 6.97. The number of carbonyl (C=O) groups is 1. The molecule has 0 aliphatic rings. The maximum atomic E-state index is 11.8. The fourth-order valence-corrected chi connectivity index (χ4v) is 1.39. The zero-order valence-electron chi connectivity index (χ0n) is 11.3. The van der Waals surface area contributed by atoms with E-state index < -0.39 is 18.7 Å². The lowest BCUT2D eigenvalue weighted by atomic mass is 10.3. The third-order valence-corrected chi connectivity index (χ3v) is 2.26. The Bertz CT molecular complexity index is 435. The van der Waals surface area contributed by atoms with Crippen LogP contribution in [0.15, 0.2) is 24.3 Å². The first-order chi connectivity index (χ1) is 9.90. The van der Waals surface area contributed by atoms with E-state index in [2.05, 4.69) is 10.1 Å². The van der Waals surface area contributed by atoms with Crippen molar-refractivity contribution < 1.29 is 27.4 Å². The van der Waals surface area contributed by atoms with E-state index in [0.29, 0.717) is 24.6 Å². The maximum absolute atomic E-state index is 11.8. The molecule has 1 rings (SSSR count). The molecule has 0 radical (unpaired) electrons. The average molecular weight is 306 g/mol. The number of amides is 1. The van der Waals surface area contributed by atoms with Crippen molar-refractivity contribution in [2.45, 2.75) is 12.6 Å². The van der Waals surface area contributed by atoms with Gasteiger partial charge in [-0.1, -0.05) is 0 Å². The highest BCUT2D eigenvalue weighted by molar-refractivity contribution is 5.90. The summed E-state index contributed by atoms with van der Waals surface area (Å²) in [7, 11) is 0. The normalized spacial score (nSPS) is 11.2. The van der Waals surface area contributed by atoms with E-state index in [1.165, 1.54) is 0 Å². The van der Waals surface area contributed by atoms with E-state index >= 15 is 0 Å². The van der Waals surface area contributed by atoms with Gasteiger partial charge in [-0.3, -0.25) is 4.79 Å². The molecule has 0 heterocycles. The maximum Gasteiger partial charge on any atom is 0.411 e. The van der Waals surface area contributed by atoms with Crippen molar-refractivity contribution in [1.29, 1.82) is 0 Å². The number of nitrogens with one attached hydrogen (secondary N) is 1. The zero-order valence-corrected chi connectivity index (χ0v) is 11.3. The molecule has 0 atom stereocenters. The minimum Gasteiger partial charge on any atom is -0.492 e. The second-order valence-corrected chi connectivity index (χ2v) is 4.13. The Hall–Kier alpha value is -1.80. The molecular weight excluding hydrogens is 289 g/mol. The van der Waals surface area contributed by atoms with Crippen molar-refractivity contribution in [3.8, 4) is 5.75 Å².